The topological polar surface area (TPSA) is 107 Å². The van der Waals surface area contributed by atoms with Crippen molar-refractivity contribution in [2.24, 2.45) is 11.7 Å². The van der Waals surface area contributed by atoms with Crippen LogP contribution >= 0.6 is 11.3 Å². The number of likely N-dealkylation sites (tertiary alicyclic amines) is 1. The van der Waals surface area contributed by atoms with Gasteiger partial charge in [0.05, 0.1) is 25.8 Å². The Morgan fingerprint density at radius 1 is 1.29 bits per heavy atom. The van der Waals surface area contributed by atoms with Gasteiger partial charge < -0.3 is 25.4 Å². The highest BCUT2D eigenvalue weighted by molar-refractivity contribution is 7.17. The highest BCUT2D eigenvalue weighted by Gasteiger charge is 2.23. The third-order valence-electron chi connectivity index (χ3n) is 5.48. The average molecular weight is 447 g/mol. The van der Waals surface area contributed by atoms with Crippen LogP contribution in [0.4, 0.5) is 0 Å². The number of aromatic nitrogens is 1. The van der Waals surface area contributed by atoms with Crippen molar-refractivity contribution in [2.75, 3.05) is 40.4 Å². The van der Waals surface area contributed by atoms with Crippen molar-refractivity contribution >= 4 is 23.2 Å². The van der Waals surface area contributed by atoms with Gasteiger partial charge in [0.25, 0.3) is 5.91 Å². The van der Waals surface area contributed by atoms with Crippen LogP contribution in [-0.4, -0.2) is 62.1 Å². The van der Waals surface area contributed by atoms with E-state index >= 15 is 0 Å². The van der Waals surface area contributed by atoms with Crippen LogP contribution in [0.1, 0.15) is 34.6 Å². The molecule has 3 rings (SSSR count). The number of ether oxygens (including phenoxy) is 2. The molecule has 1 aromatic carbocycles. The molecule has 1 unspecified atom stereocenters. The molecule has 0 saturated carbocycles. The first-order chi connectivity index (χ1) is 14.9. The lowest BCUT2D eigenvalue weighted by Crippen LogP contribution is -2.42. The summed E-state index contributed by atoms with van der Waals surface area (Å²) >= 11 is 1.36. The zero-order valence-corrected chi connectivity index (χ0v) is 19.1. The highest BCUT2D eigenvalue weighted by atomic mass is 32.1. The van der Waals surface area contributed by atoms with Gasteiger partial charge in [-0.2, -0.15) is 0 Å². The second-order valence-corrected chi connectivity index (χ2v) is 8.65. The number of benzene rings is 1. The molecule has 1 saturated heterocycles. The number of hydrogen-bond acceptors (Lipinski definition) is 7. The van der Waals surface area contributed by atoms with Crippen molar-refractivity contribution in [3.8, 4) is 22.1 Å². The summed E-state index contributed by atoms with van der Waals surface area (Å²) in [6, 6.07) is 5.59. The number of hydrogen-bond donors (Lipinski definition) is 2. The molecule has 1 atom stereocenters. The number of aryl methyl sites for hydroxylation is 1. The van der Waals surface area contributed by atoms with Crippen LogP contribution in [0.5, 0.6) is 11.5 Å². The van der Waals surface area contributed by atoms with E-state index in [-0.39, 0.29) is 17.7 Å². The maximum absolute atomic E-state index is 12.7. The van der Waals surface area contributed by atoms with Crippen LogP contribution in [-0.2, 0) is 4.79 Å². The smallest absolute Gasteiger partial charge is 0.263 e. The Morgan fingerprint density at radius 2 is 2.06 bits per heavy atom. The first-order valence-corrected chi connectivity index (χ1v) is 11.2. The highest BCUT2D eigenvalue weighted by Crippen LogP contribution is 2.35. The summed E-state index contributed by atoms with van der Waals surface area (Å²) in [5.41, 5.74) is 7.01. The molecule has 1 aromatic heterocycles. The molecule has 2 aromatic rings. The number of nitrogens with two attached hydrogens (primary N) is 1. The van der Waals surface area contributed by atoms with E-state index in [0.717, 1.165) is 42.9 Å². The van der Waals surface area contributed by atoms with Crippen LogP contribution in [0.3, 0.4) is 0 Å². The van der Waals surface area contributed by atoms with E-state index in [4.69, 9.17) is 15.2 Å². The van der Waals surface area contributed by atoms with Crippen LogP contribution < -0.4 is 20.5 Å². The first-order valence-electron chi connectivity index (χ1n) is 10.4. The summed E-state index contributed by atoms with van der Waals surface area (Å²) in [5.74, 6) is 0.876. The van der Waals surface area contributed by atoms with Crippen LogP contribution in [0.15, 0.2) is 18.2 Å². The van der Waals surface area contributed by atoms with E-state index in [1.807, 2.05) is 25.1 Å². The predicted molar refractivity (Wildman–Crippen MR) is 121 cm³/mol. The van der Waals surface area contributed by atoms with Crippen molar-refractivity contribution in [1.29, 1.82) is 0 Å². The van der Waals surface area contributed by atoms with Gasteiger partial charge in [-0.05, 0) is 57.5 Å². The molecule has 0 spiro atoms. The van der Waals surface area contributed by atoms with Gasteiger partial charge in [-0.15, -0.1) is 11.3 Å². The van der Waals surface area contributed by atoms with Gasteiger partial charge >= 0.3 is 0 Å². The van der Waals surface area contributed by atoms with Gasteiger partial charge in [-0.25, -0.2) is 4.98 Å². The van der Waals surface area contributed by atoms with E-state index in [2.05, 4.69) is 15.2 Å². The molecule has 8 nitrogen and oxygen atoms in total. The first kappa shape index (κ1) is 23.0. The number of primary amides is 1. The second-order valence-electron chi connectivity index (χ2n) is 7.65. The summed E-state index contributed by atoms with van der Waals surface area (Å²) in [6.07, 6.45) is 2.67. The van der Waals surface area contributed by atoms with E-state index in [9.17, 15) is 9.59 Å². The number of nitrogens with zero attached hydrogens (tertiary/aromatic N) is 2. The van der Waals surface area contributed by atoms with Crippen molar-refractivity contribution in [3.63, 3.8) is 0 Å². The Balaban J connectivity index is 1.54. The molecule has 0 aliphatic carbocycles. The molecular formula is C22H30N4O4S. The fourth-order valence-corrected chi connectivity index (χ4v) is 4.75. The molecule has 3 N–H and O–H groups in total. The molecule has 9 heteroatoms. The second kappa shape index (κ2) is 10.6. The van der Waals surface area contributed by atoms with Crippen molar-refractivity contribution < 1.29 is 19.1 Å². The molecule has 2 heterocycles. The summed E-state index contributed by atoms with van der Waals surface area (Å²) in [5, 5.41) is 3.75. The molecule has 31 heavy (non-hydrogen) atoms. The fraction of sp³-hybridized carbons (Fsp3) is 0.500. The van der Waals surface area contributed by atoms with Gasteiger partial charge in [0.2, 0.25) is 5.91 Å². The lowest BCUT2D eigenvalue weighted by Gasteiger charge is -2.31. The fourth-order valence-electron chi connectivity index (χ4n) is 3.78. The Morgan fingerprint density at radius 3 is 2.77 bits per heavy atom. The summed E-state index contributed by atoms with van der Waals surface area (Å²) in [6.45, 7) is 4.93. The molecule has 0 bridgehead atoms. The minimum absolute atomic E-state index is 0.0572. The van der Waals surface area contributed by atoms with Gasteiger partial charge in [0, 0.05) is 18.7 Å². The van der Waals surface area contributed by atoms with Gasteiger partial charge in [0.15, 0.2) is 11.5 Å². The summed E-state index contributed by atoms with van der Waals surface area (Å²) in [7, 11) is 3.18. The van der Waals surface area contributed by atoms with Crippen LogP contribution in [0.2, 0.25) is 0 Å². The monoisotopic (exact) mass is 446 g/mol. The van der Waals surface area contributed by atoms with E-state index in [0.29, 0.717) is 35.2 Å². The lowest BCUT2D eigenvalue weighted by atomic mass is 9.97. The normalized spacial score (nSPS) is 16.7. The number of carbonyl (C=O) groups is 2. The molecular weight excluding hydrogens is 416 g/mol. The van der Waals surface area contributed by atoms with Gasteiger partial charge in [0.1, 0.15) is 9.88 Å². The molecule has 2 amide bonds. The number of rotatable bonds is 9. The zero-order valence-electron chi connectivity index (χ0n) is 18.3. The Kier molecular flexibility index (Phi) is 7.86. The van der Waals surface area contributed by atoms with Crippen molar-refractivity contribution in [1.82, 2.24) is 15.2 Å². The number of carbonyl (C=O) groups excluding carboxylic acids is 2. The van der Waals surface area contributed by atoms with Gasteiger partial charge in [-0.3, -0.25) is 9.59 Å². The quantitative estimate of drug-likeness (QED) is 0.573. The maximum Gasteiger partial charge on any atom is 0.263 e. The molecule has 1 aliphatic heterocycles. The molecule has 1 fully saturated rings. The Hall–Kier alpha value is -2.65. The van der Waals surface area contributed by atoms with E-state index < -0.39 is 0 Å². The zero-order chi connectivity index (χ0) is 22.4. The van der Waals surface area contributed by atoms with Crippen LogP contribution in [0, 0.1) is 12.8 Å². The predicted octanol–water partition coefficient (Wildman–Crippen LogP) is 2.45. The number of amides is 2. The largest absolute Gasteiger partial charge is 0.493 e. The minimum Gasteiger partial charge on any atom is -0.493 e. The third-order valence-corrected chi connectivity index (χ3v) is 6.68. The minimum atomic E-state index is -0.219. The number of thiazole rings is 1. The van der Waals surface area contributed by atoms with Crippen molar-refractivity contribution in [3.05, 3.63) is 28.8 Å². The SMILES string of the molecule is COc1ccc(-c2nc(C)c(C(=O)NCCCN3CCCC(C(N)=O)C3)s2)cc1OC. The Bertz CT molecular complexity index is 930. The Labute approximate surface area is 186 Å². The van der Waals surface area contributed by atoms with Crippen LogP contribution in [0.25, 0.3) is 10.6 Å². The van der Waals surface area contributed by atoms with E-state index in [1.165, 1.54) is 11.3 Å². The molecule has 168 valence electrons. The van der Waals surface area contributed by atoms with E-state index in [1.54, 1.807) is 14.2 Å². The van der Waals surface area contributed by atoms with Crippen molar-refractivity contribution in [2.45, 2.75) is 26.2 Å². The third kappa shape index (κ3) is 5.74. The summed E-state index contributed by atoms with van der Waals surface area (Å²) < 4.78 is 10.6. The molecule has 1 aliphatic rings. The van der Waals surface area contributed by atoms with Gasteiger partial charge in [-0.1, -0.05) is 0 Å². The summed E-state index contributed by atoms with van der Waals surface area (Å²) in [4.78, 5) is 31.5. The number of nitrogens with one attached hydrogen (secondary N) is 1. The lowest BCUT2D eigenvalue weighted by molar-refractivity contribution is -0.123. The molecule has 0 radical (unpaired) electrons. The standard InChI is InChI=1S/C22H30N4O4S/c1-14-19(31-22(25-14)15-7-8-17(29-2)18(12-15)30-3)21(28)24-9-5-11-26-10-4-6-16(13-26)20(23)27/h7-8,12,16H,4-6,9-11,13H2,1-3H3,(H2,23,27)(H,24,28). The average Bonchev–Trinajstić information content (AvgIpc) is 3.18. The number of piperidine rings is 1. The maximum atomic E-state index is 12.7. The number of methoxy groups -OCH3 is 2.